The topological polar surface area (TPSA) is 70.5 Å². The number of pyridine rings is 2. The molecule has 4 rings (SSSR count). The van der Waals surface area contributed by atoms with Gasteiger partial charge in [-0.05, 0) is 76.0 Å². The lowest BCUT2D eigenvalue weighted by atomic mass is 10.0. The summed E-state index contributed by atoms with van der Waals surface area (Å²) in [5.74, 6) is 0.131. The Morgan fingerprint density at radius 3 is 2.36 bits per heavy atom. The van der Waals surface area contributed by atoms with Gasteiger partial charge in [0.05, 0.1) is 14.2 Å². The number of benzene rings is 2. The molecule has 33 heavy (non-hydrogen) atoms. The van der Waals surface area contributed by atoms with Gasteiger partial charge in [-0.15, -0.1) is 0 Å². The van der Waals surface area contributed by atoms with Crippen molar-refractivity contribution in [3.63, 3.8) is 0 Å². The number of halogens is 2. The van der Waals surface area contributed by atoms with E-state index in [1.54, 1.807) is 25.4 Å². The third-order valence-electron chi connectivity index (χ3n) is 5.05. The maximum absolute atomic E-state index is 13.2. The SMILES string of the molecule is COC(=O)c1nc(I)c2cc(Cc3ccc(F)cc3)cnc2c1OCc1ccc(OC)cc1. The Morgan fingerprint density at radius 2 is 1.70 bits per heavy atom. The molecule has 0 radical (unpaired) electrons. The zero-order valence-corrected chi connectivity index (χ0v) is 20.1. The molecule has 8 heteroatoms. The van der Waals surface area contributed by atoms with Crippen LogP contribution in [0.2, 0.25) is 0 Å². The number of ether oxygens (including phenoxy) is 3. The number of carbonyl (C=O) groups excluding carboxylic acids is 1. The molecule has 0 aliphatic heterocycles. The molecule has 168 valence electrons. The smallest absolute Gasteiger partial charge is 0.360 e. The van der Waals surface area contributed by atoms with Gasteiger partial charge >= 0.3 is 5.97 Å². The van der Waals surface area contributed by atoms with Crippen molar-refractivity contribution in [2.24, 2.45) is 0 Å². The molecule has 0 bridgehead atoms. The van der Waals surface area contributed by atoms with E-state index < -0.39 is 5.97 Å². The first-order valence-corrected chi connectivity index (χ1v) is 11.1. The summed E-state index contributed by atoms with van der Waals surface area (Å²) in [6.07, 6.45) is 2.31. The standard InChI is InChI=1S/C25H20FIN2O4/c1-31-19-9-5-16(6-10-19)14-33-23-21-20(24(27)29-22(23)25(30)32-2)12-17(13-28-21)11-15-3-7-18(26)8-4-15/h3-10,12-13H,11,14H2,1-2H3. The lowest BCUT2D eigenvalue weighted by molar-refractivity contribution is 0.0588. The minimum Gasteiger partial charge on any atom is -0.497 e. The molecule has 0 fully saturated rings. The van der Waals surface area contributed by atoms with Crippen LogP contribution in [0.15, 0.2) is 60.8 Å². The van der Waals surface area contributed by atoms with E-state index in [1.807, 2.05) is 30.3 Å². The average molecular weight is 558 g/mol. The summed E-state index contributed by atoms with van der Waals surface area (Å²) >= 11 is 2.07. The fourth-order valence-electron chi connectivity index (χ4n) is 3.35. The molecule has 2 aromatic heterocycles. The van der Waals surface area contributed by atoms with Crippen LogP contribution in [-0.2, 0) is 17.8 Å². The van der Waals surface area contributed by atoms with Crippen molar-refractivity contribution in [2.45, 2.75) is 13.0 Å². The van der Waals surface area contributed by atoms with Gasteiger partial charge in [0, 0.05) is 11.6 Å². The Balaban J connectivity index is 1.70. The number of fused-ring (bicyclic) bond motifs is 1. The zero-order chi connectivity index (χ0) is 23.4. The molecule has 0 aliphatic rings. The summed E-state index contributed by atoms with van der Waals surface area (Å²) in [6, 6.07) is 15.8. The van der Waals surface area contributed by atoms with Crippen LogP contribution in [-0.4, -0.2) is 30.2 Å². The van der Waals surface area contributed by atoms with Gasteiger partial charge in [0.25, 0.3) is 0 Å². The maximum atomic E-state index is 13.2. The number of esters is 1. The molecule has 0 atom stereocenters. The largest absolute Gasteiger partial charge is 0.497 e. The molecule has 0 spiro atoms. The van der Waals surface area contributed by atoms with Gasteiger partial charge in [-0.3, -0.25) is 4.98 Å². The number of hydrogen-bond acceptors (Lipinski definition) is 6. The summed E-state index contributed by atoms with van der Waals surface area (Å²) in [4.78, 5) is 21.5. The second-order valence-electron chi connectivity index (χ2n) is 7.25. The van der Waals surface area contributed by atoms with Crippen molar-refractivity contribution in [3.8, 4) is 11.5 Å². The Bertz CT molecular complexity index is 1290. The van der Waals surface area contributed by atoms with Crippen LogP contribution < -0.4 is 9.47 Å². The number of hydrogen-bond donors (Lipinski definition) is 0. The minimum absolute atomic E-state index is 0.0710. The molecule has 0 saturated carbocycles. The van der Waals surface area contributed by atoms with Crippen molar-refractivity contribution in [1.82, 2.24) is 9.97 Å². The summed E-state index contributed by atoms with van der Waals surface area (Å²) < 4.78 is 30.0. The molecule has 0 unspecified atom stereocenters. The van der Waals surface area contributed by atoms with Crippen LogP contribution in [0.1, 0.15) is 27.2 Å². The van der Waals surface area contributed by atoms with E-state index >= 15 is 0 Å². The second kappa shape index (κ2) is 10.1. The molecule has 0 saturated heterocycles. The average Bonchev–Trinajstić information content (AvgIpc) is 2.84. The van der Waals surface area contributed by atoms with E-state index in [0.29, 0.717) is 15.6 Å². The van der Waals surface area contributed by atoms with Gasteiger partial charge in [0.15, 0.2) is 11.4 Å². The number of carbonyl (C=O) groups is 1. The number of methoxy groups -OCH3 is 2. The van der Waals surface area contributed by atoms with E-state index in [9.17, 15) is 9.18 Å². The van der Waals surface area contributed by atoms with Gasteiger partial charge in [0.2, 0.25) is 0 Å². The van der Waals surface area contributed by atoms with Gasteiger partial charge in [-0.1, -0.05) is 24.3 Å². The molecule has 2 heterocycles. The highest BCUT2D eigenvalue weighted by atomic mass is 127. The first-order chi connectivity index (χ1) is 16.0. The summed E-state index contributed by atoms with van der Waals surface area (Å²) in [6.45, 7) is 0.213. The highest BCUT2D eigenvalue weighted by Crippen LogP contribution is 2.32. The van der Waals surface area contributed by atoms with Crippen molar-refractivity contribution in [3.05, 3.63) is 92.7 Å². The highest BCUT2D eigenvalue weighted by molar-refractivity contribution is 14.1. The maximum Gasteiger partial charge on any atom is 0.360 e. The van der Waals surface area contributed by atoms with E-state index in [2.05, 4.69) is 32.6 Å². The Hall–Kier alpha value is -3.27. The van der Waals surface area contributed by atoms with Crippen LogP contribution >= 0.6 is 22.6 Å². The molecule has 0 N–H and O–H groups in total. The first-order valence-electron chi connectivity index (χ1n) is 10.0. The fraction of sp³-hybridized carbons (Fsp3) is 0.160. The third kappa shape index (κ3) is 5.22. The zero-order valence-electron chi connectivity index (χ0n) is 18.0. The Morgan fingerprint density at radius 1 is 1.00 bits per heavy atom. The van der Waals surface area contributed by atoms with Gasteiger partial charge in [-0.2, -0.15) is 0 Å². The number of aromatic nitrogens is 2. The van der Waals surface area contributed by atoms with Gasteiger partial charge in [0.1, 0.15) is 27.4 Å². The van der Waals surface area contributed by atoms with Gasteiger partial charge in [-0.25, -0.2) is 14.2 Å². The van der Waals surface area contributed by atoms with E-state index in [0.717, 1.165) is 27.8 Å². The second-order valence-corrected chi connectivity index (χ2v) is 8.27. The first kappa shape index (κ1) is 22.9. The van der Waals surface area contributed by atoms with E-state index in [4.69, 9.17) is 14.2 Å². The molecular formula is C25H20FIN2O4. The normalized spacial score (nSPS) is 10.8. The molecule has 0 amide bonds. The summed E-state index contributed by atoms with van der Waals surface area (Å²) in [5.41, 5.74) is 3.38. The molecule has 6 nitrogen and oxygen atoms in total. The number of nitrogens with zero attached hydrogens (tertiary/aromatic N) is 2. The quantitative estimate of drug-likeness (QED) is 0.173. The Kier molecular flexibility index (Phi) is 7.02. The predicted octanol–water partition coefficient (Wildman–Crippen LogP) is 5.34. The van der Waals surface area contributed by atoms with Crippen LogP contribution in [0.25, 0.3) is 10.9 Å². The fourth-order valence-corrected chi connectivity index (χ4v) is 4.00. The lowest BCUT2D eigenvalue weighted by Gasteiger charge is -2.14. The van der Waals surface area contributed by atoms with Crippen LogP contribution in [0.4, 0.5) is 4.39 Å². The van der Waals surface area contributed by atoms with Gasteiger partial charge < -0.3 is 14.2 Å². The molecule has 0 aliphatic carbocycles. The Labute approximate surface area is 203 Å². The predicted molar refractivity (Wildman–Crippen MR) is 130 cm³/mol. The molecule has 2 aromatic carbocycles. The summed E-state index contributed by atoms with van der Waals surface area (Å²) in [5, 5.41) is 0.757. The third-order valence-corrected chi connectivity index (χ3v) is 5.87. The van der Waals surface area contributed by atoms with E-state index in [1.165, 1.54) is 19.2 Å². The van der Waals surface area contributed by atoms with E-state index in [-0.39, 0.29) is 23.9 Å². The molecule has 4 aromatic rings. The number of rotatable bonds is 7. The van der Waals surface area contributed by atoms with Crippen molar-refractivity contribution in [1.29, 1.82) is 0 Å². The van der Waals surface area contributed by atoms with Crippen LogP contribution in [0.3, 0.4) is 0 Å². The van der Waals surface area contributed by atoms with Crippen molar-refractivity contribution < 1.29 is 23.4 Å². The highest BCUT2D eigenvalue weighted by Gasteiger charge is 2.22. The monoisotopic (exact) mass is 558 g/mol. The van der Waals surface area contributed by atoms with Crippen LogP contribution in [0.5, 0.6) is 11.5 Å². The lowest BCUT2D eigenvalue weighted by Crippen LogP contribution is -2.11. The minimum atomic E-state index is -0.600. The summed E-state index contributed by atoms with van der Waals surface area (Å²) in [7, 11) is 2.90. The molecular weight excluding hydrogens is 538 g/mol. The van der Waals surface area contributed by atoms with Crippen molar-refractivity contribution >= 4 is 39.5 Å². The van der Waals surface area contributed by atoms with Crippen molar-refractivity contribution in [2.75, 3.05) is 14.2 Å². The van der Waals surface area contributed by atoms with Crippen LogP contribution in [0, 0.1) is 9.52 Å².